The molecule has 10 nitrogen and oxygen atoms in total. The van der Waals surface area contributed by atoms with Crippen molar-refractivity contribution in [3.63, 3.8) is 0 Å². The van der Waals surface area contributed by atoms with Crippen LogP contribution in [-0.2, 0) is 44.7 Å². The molecule has 0 saturated carbocycles. The molecule has 0 radical (unpaired) electrons. The van der Waals surface area contributed by atoms with Crippen molar-refractivity contribution in [1.82, 2.24) is 10.2 Å². The molecule has 2 N–H and O–H groups in total. The summed E-state index contributed by atoms with van der Waals surface area (Å²) >= 11 is 6.72. The summed E-state index contributed by atoms with van der Waals surface area (Å²) < 4.78 is 11.7. The zero-order chi connectivity index (χ0) is 30.3. The number of carbonyl (C=O) groups excluding carboxylic acids is 4. The Morgan fingerprint density at radius 3 is 1.51 bits per heavy atom. The fraction of sp³-hybridized carbons (Fsp3) is 0.500. The van der Waals surface area contributed by atoms with E-state index in [9.17, 15) is 19.2 Å². The monoisotopic (exact) mass is 680 g/mol. The first kappa shape index (κ1) is 31.9. The van der Waals surface area contributed by atoms with Gasteiger partial charge in [-0.25, -0.2) is 9.59 Å². The lowest BCUT2D eigenvalue weighted by atomic mass is 9.95. The highest BCUT2D eigenvalue weighted by molar-refractivity contribution is 8.03. The minimum atomic E-state index is -0.393. The van der Waals surface area contributed by atoms with Crippen LogP contribution in [-0.4, -0.2) is 58.7 Å². The lowest BCUT2D eigenvalue weighted by Gasteiger charge is -2.12. The maximum atomic E-state index is 12.8. The molecule has 0 spiro atoms. The van der Waals surface area contributed by atoms with Crippen molar-refractivity contribution in [2.45, 2.75) is 73.9 Å². The van der Waals surface area contributed by atoms with Gasteiger partial charge in [-0.1, -0.05) is 34.9 Å². The molecule has 2 aliphatic carbocycles. The van der Waals surface area contributed by atoms with Gasteiger partial charge in [-0.2, -0.15) is 0 Å². The van der Waals surface area contributed by atoms with Crippen molar-refractivity contribution in [2.24, 2.45) is 0 Å². The summed E-state index contributed by atoms with van der Waals surface area (Å²) in [4.78, 5) is 53.2. The van der Waals surface area contributed by atoms with Crippen molar-refractivity contribution in [3.05, 3.63) is 32.0 Å². The van der Waals surface area contributed by atoms with E-state index in [1.807, 2.05) is 0 Å². The second-order valence-electron chi connectivity index (χ2n) is 9.78. The largest absolute Gasteiger partial charge is 0.462 e. The van der Waals surface area contributed by atoms with E-state index in [0.717, 1.165) is 72.2 Å². The van der Waals surface area contributed by atoms with Gasteiger partial charge in [0.05, 0.1) is 35.8 Å². The van der Waals surface area contributed by atoms with Crippen molar-refractivity contribution in [2.75, 3.05) is 35.4 Å². The predicted molar refractivity (Wildman–Crippen MR) is 172 cm³/mol. The molecule has 0 aromatic carbocycles. The first-order valence-corrected chi connectivity index (χ1v) is 18.6. The third kappa shape index (κ3) is 7.80. The summed E-state index contributed by atoms with van der Waals surface area (Å²) in [5.41, 5.74) is 2.99. The highest BCUT2D eigenvalue weighted by Gasteiger charge is 2.28. The van der Waals surface area contributed by atoms with Crippen LogP contribution in [0.3, 0.4) is 0 Å². The minimum Gasteiger partial charge on any atom is -0.462 e. The summed E-state index contributed by atoms with van der Waals surface area (Å²) in [6.07, 6.45) is 7.62. The number of fused-ring (bicyclic) bond motifs is 2. The average molecular weight is 681 g/mol. The molecular formula is C28H32N4O6S5. The molecular weight excluding hydrogens is 649 g/mol. The fourth-order valence-electron chi connectivity index (χ4n) is 5.04. The van der Waals surface area contributed by atoms with E-state index in [0.29, 0.717) is 29.8 Å². The highest BCUT2D eigenvalue weighted by atomic mass is 32.2. The second kappa shape index (κ2) is 15.0. The van der Waals surface area contributed by atoms with E-state index in [4.69, 9.17) is 9.47 Å². The van der Waals surface area contributed by atoms with Gasteiger partial charge in [0.25, 0.3) is 0 Å². The van der Waals surface area contributed by atoms with Gasteiger partial charge >= 0.3 is 11.9 Å². The van der Waals surface area contributed by atoms with Crippen molar-refractivity contribution >= 4 is 91.3 Å². The predicted octanol–water partition coefficient (Wildman–Crippen LogP) is 6.23. The van der Waals surface area contributed by atoms with Crippen LogP contribution in [0, 0.1) is 0 Å². The standard InChI is InChI=1S/C28H32N4O6S5/c1-3-37-25(35)21-15-9-5-7-11-17(15)41-23(21)29-19(33)13-39-27-31-32-28(43-27)40-14-20(34)30-24-22(26(36)38-4-2)16-10-6-8-12-18(16)42-24/h3-14H2,1-2H3,(H,29,33)(H,30,34). The molecule has 0 atom stereocenters. The molecule has 3 aromatic rings. The van der Waals surface area contributed by atoms with Gasteiger partial charge in [0, 0.05) is 9.75 Å². The summed E-state index contributed by atoms with van der Waals surface area (Å²) in [5, 5.41) is 15.2. The lowest BCUT2D eigenvalue weighted by molar-refractivity contribution is -0.114. The molecule has 2 aliphatic rings. The average Bonchev–Trinajstić information content (AvgIpc) is 3.70. The minimum absolute atomic E-state index is 0.101. The van der Waals surface area contributed by atoms with Gasteiger partial charge < -0.3 is 20.1 Å². The van der Waals surface area contributed by atoms with Crippen LogP contribution >= 0.6 is 57.5 Å². The zero-order valence-electron chi connectivity index (χ0n) is 23.9. The Morgan fingerprint density at radius 2 is 1.09 bits per heavy atom. The van der Waals surface area contributed by atoms with Gasteiger partial charge in [-0.3, -0.25) is 9.59 Å². The van der Waals surface area contributed by atoms with Crippen molar-refractivity contribution in [3.8, 4) is 0 Å². The van der Waals surface area contributed by atoms with E-state index < -0.39 is 11.9 Å². The van der Waals surface area contributed by atoms with E-state index in [1.54, 1.807) is 13.8 Å². The Bertz CT molecular complexity index is 1400. The first-order chi connectivity index (χ1) is 20.9. The normalized spacial score (nSPS) is 14.0. The highest BCUT2D eigenvalue weighted by Crippen LogP contribution is 2.40. The van der Waals surface area contributed by atoms with Crippen molar-refractivity contribution in [1.29, 1.82) is 0 Å². The summed E-state index contributed by atoms with van der Waals surface area (Å²) in [6, 6.07) is 0. The summed E-state index contributed by atoms with van der Waals surface area (Å²) in [6.45, 7) is 4.08. The molecule has 43 heavy (non-hydrogen) atoms. The molecule has 3 heterocycles. The van der Waals surface area contributed by atoms with E-state index in [2.05, 4.69) is 20.8 Å². The number of hydrogen-bond donors (Lipinski definition) is 2. The second-order valence-corrected chi connectivity index (χ2v) is 15.4. The van der Waals surface area contributed by atoms with E-state index in [1.165, 1.54) is 57.5 Å². The van der Waals surface area contributed by atoms with Gasteiger partial charge in [0.15, 0.2) is 8.68 Å². The molecule has 0 bridgehead atoms. The lowest BCUT2D eigenvalue weighted by Crippen LogP contribution is -2.17. The number of aromatic nitrogens is 2. The topological polar surface area (TPSA) is 137 Å². The third-order valence-electron chi connectivity index (χ3n) is 6.85. The molecule has 230 valence electrons. The number of carbonyl (C=O) groups is 4. The molecule has 0 aliphatic heterocycles. The zero-order valence-corrected chi connectivity index (χ0v) is 28.0. The van der Waals surface area contributed by atoms with Crippen LogP contribution in [0.4, 0.5) is 10.0 Å². The summed E-state index contributed by atoms with van der Waals surface area (Å²) in [5.74, 6) is -1.07. The van der Waals surface area contributed by atoms with Gasteiger partial charge in [0.2, 0.25) is 11.8 Å². The number of anilines is 2. The molecule has 0 fully saturated rings. The molecule has 0 unspecified atom stereocenters. The maximum Gasteiger partial charge on any atom is 0.341 e. The SMILES string of the molecule is CCOC(=O)c1c(NC(=O)CSc2nnc(SCC(=O)Nc3sc4c(c3C(=O)OCC)CCCC4)s2)sc2c1CCCC2. The van der Waals surface area contributed by atoms with Gasteiger partial charge in [-0.15, -0.1) is 32.9 Å². The smallest absolute Gasteiger partial charge is 0.341 e. The Balaban J connectivity index is 1.14. The number of ether oxygens (including phenoxy) is 2. The summed E-state index contributed by atoms with van der Waals surface area (Å²) in [7, 11) is 0. The Labute approximate surface area is 270 Å². The quantitative estimate of drug-likeness (QED) is 0.167. The number of rotatable bonds is 12. The van der Waals surface area contributed by atoms with Crippen LogP contribution in [0.5, 0.6) is 0 Å². The number of hydrogen-bond acceptors (Lipinski definition) is 13. The number of aryl methyl sites for hydroxylation is 2. The first-order valence-electron chi connectivity index (χ1n) is 14.2. The van der Waals surface area contributed by atoms with Gasteiger partial charge in [-0.05, 0) is 76.3 Å². The third-order valence-corrected chi connectivity index (χ3v) is 12.5. The van der Waals surface area contributed by atoms with Gasteiger partial charge in [0.1, 0.15) is 10.0 Å². The van der Waals surface area contributed by atoms with Crippen LogP contribution in [0.2, 0.25) is 0 Å². The molecule has 0 saturated heterocycles. The van der Waals surface area contributed by atoms with Crippen LogP contribution in [0.15, 0.2) is 8.68 Å². The molecule has 3 aromatic heterocycles. The Morgan fingerprint density at radius 1 is 0.674 bits per heavy atom. The van der Waals surface area contributed by atoms with Crippen molar-refractivity contribution < 1.29 is 28.7 Å². The van der Waals surface area contributed by atoms with Crippen LogP contribution in [0.1, 0.15) is 81.1 Å². The number of thioether (sulfide) groups is 2. The van der Waals surface area contributed by atoms with Crippen LogP contribution in [0.25, 0.3) is 0 Å². The van der Waals surface area contributed by atoms with Crippen LogP contribution < -0.4 is 10.6 Å². The Kier molecular flexibility index (Phi) is 11.2. The number of esters is 2. The molecule has 15 heteroatoms. The number of nitrogens with zero attached hydrogens (tertiary/aromatic N) is 2. The van der Waals surface area contributed by atoms with E-state index in [-0.39, 0.29) is 36.5 Å². The van der Waals surface area contributed by atoms with E-state index >= 15 is 0 Å². The number of nitrogens with one attached hydrogen (secondary N) is 2. The number of thiophene rings is 2. The molecule has 2 amide bonds. The fourth-order valence-corrected chi connectivity index (χ4v) is 10.2. The maximum absolute atomic E-state index is 12.8. The number of amides is 2. The molecule has 5 rings (SSSR count). The Hall–Kier alpha value is -2.46.